The molecule has 1 aliphatic rings. The normalized spacial score (nSPS) is 15.9. The van der Waals surface area contributed by atoms with E-state index in [4.69, 9.17) is 37.8 Å². The van der Waals surface area contributed by atoms with Crippen LogP contribution in [0.4, 0.5) is 5.95 Å². The number of rotatable bonds is 5. The molecule has 1 aromatic heterocycles. The van der Waals surface area contributed by atoms with Gasteiger partial charge in [0.2, 0.25) is 12.1 Å². The van der Waals surface area contributed by atoms with E-state index in [2.05, 4.69) is 4.90 Å². The third-order valence-electron chi connectivity index (χ3n) is 5.35. The van der Waals surface area contributed by atoms with E-state index < -0.39 is 12.0 Å². The number of carbonyl (C=O) groups is 1. The lowest BCUT2D eigenvalue weighted by Gasteiger charge is -2.30. The SMILES string of the molecule is Cc1nc(N2CCC(N)CC2)nc2ccc(C(Oc3ccc(Cl)cc3)C(N)=O)cc12. The van der Waals surface area contributed by atoms with Gasteiger partial charge in [0.05, 0.1) is 11.2 Å². The summed E-state index contributed by atoms with van der Waals surface area (Å²) in [5.41, 5.74) is 13.9. The third kappa shape index (κ3) is 4.32. The zero-order valence-corrected chi connectivity index (χ0v) is 17.5. The van der Waals surface area contributed by atoms with Crippen molar-refractivity contribution >= 4 is 34.4 Å². The van der Waals surface area contributed by atoms with Crippen LogP contribution in [0.15, 0.2) is 42.5 Å². The highest BCUT2D eigenvalue weighted by Gasteiger charge is 2.22. The van der Waals surface area contributed by atoms with Crippen LogP contribution in [0.2, 0.25) is 5.02 Å². The van der Waals surface area contributed by atoms with E-state index in [0.29, 0.717) is 22.3 Å². The summed E-state index contributed by atoms with van der Waals surface area (Å²) in [5, 5.41) is 1.44. The second-order valence-corrected chi connectivity index (χ2v) is 8.00. The summed E-state index contributed by atoms with van der Waals surface area (Å²) in [6, 6.07) is 12.6. The predicted molar refractivity (Wildman–Crippen MR) is 118 cm³/mol. The fourth-order valence-electron chi connectivity index (χ4n) is 3.63. The van der Waals surface area contributed by atoms with Crippen molar-refractivity contribution in [1.29, 1.82) is 0 Å². The van der Waals surface area contributed by atoms with Crippen LogP contribution < -0.4 is 21.1 Å². The molecule has 3 aromatic rings. The largest absolute Gasteiger partial charge is 0.476 e. The minimum atomic E-state index is -0.932. The molecule has 2 heterocycles. The number of carbonyl (C=O) groups excluding carboxylic acids is 1. The smallest absolute Gasteiger partial charge is 0.263 e. The molecule has 0 radical (unpaired) electrons. The number of amides is 1. The third-order valence-corrected chi connectivity index (χ3v) is 5.60. The van der Waals surface area contributed by atoms with Gasteiger partial charge in [0.1, 0.15) is 5.75 Å². The van der Waals surface area contributed by atoms with Crippen molar-refractivity contribution in [2.45, 2.75) is 31.9 Å². The molecule has 1 fully saturated rings. The van der Waals surface area contributed by atoms with Crippen molar-refractivity contribution in [3.63, 3.8) is 0 Å². The molecule has 1 aliphatic heterocycles. The molecule has 1 unspecified atom stereocenters. The molecular weight excluding hydrogens is 402 g/mol. The highest BCUT2D eigenvalue weighted by atomic mass is 35.5. The summed E-state index contributed by atoms with van der Waals surface area (Å²) in [6.45, 7) is 3.64. The van der Waals surface area contributed by atoms with E-state index >= 15 is 0 Å². The number of halogens is 1. The Labute approximate surface area is 180 Å². The molecule has 1 atom stereocenters. The number of primary amides is 1. The van der Waals surface area contributed by atoms with Crippen molar-refractivity contribution in [2.24, 2.45) is 11.5 Å². The van der Waals surface area contributed by atoms with Crippen LogP contribution in [0.5, 0.6) is 5.75 Å². The van der Waals surface area contributed by atoms with Gasteiger partial charge in [-0.25, -0.2) is 9.97 Å². The number of nitrogens with zero attached hydrogens (tertiary/aromatic N) is 3. The lowest BCUT2D eigenvalue weighted by molar-refractivity contribution is -0.125. The standard InChI is InChI=1S/C22H24ClN5O2/c1-13-18-12-14(20(21(25)29)30-17-5-3-15(23)4-6-17)2-7-19(18)27-22(26-13)28-10-8-16(24)9-11-28/h2-7,12,16,20H,8-11,24H2,1H3,(H2,25,29). The second-order valence-electron chi connectivity index (χ2n) is 7.56. The first-order chi connectivity index (χ1) is 14.4. The zero-order chi connectivity index (χ0) is 21.3. The summed E-state index contributed by atoms with van der Waals surface area (Å²) < 4.78 is 5.84. The number of aromatic nitrogens is 2. The van der Waals surface area contributed by atoms with Crippen LogP contribution in [0.3, 0.4) is 0 Å². The van der Waals surface area contributed by atoms with E-state index in [1.165, 1.54) is 0 Å². The Kier molecular flexibility index (Phi) is 5.74. The maximum absolute atomic E-state index is 12.1. The predicted octanol–water partition coefficient (Wildman–Crippen LogP) is 3.12. The molecule has 0 aliphatic carbocycles. The molecule has 0 spiro atoms. The van der Waals surface area contributed by atoms with E-state index in [9.17, 15) is 4.79 Å². The number of hydrogen-bond acceptors (Lipinski definition) is 6. The topological polar surface area (TPSA) is 107 Å². The van der Waals surface area contributed by atoms with Gasteiger partial charge >= 0.3 is 0 Å². The Morgan fingerprint density at radius 3 is 2.53 bits per heavy atom. The molecule has 1 saturated heterocycles. The van der Waals surface area contributed by atoms with Crippen LogP contribution in [-0.4, -0.2) is 35.0 Å². The number of nitrogens with two attached hydrogens (primary N) is 2. The molecule has 1 amide bonds. The van der Waals surface area contributed by atoms with Gasteiger partial charge in [-0.2, -0.15) is 0 Å². The highest BCUT2D eigenvalue weighted by molar-refractivity contribution is 6.30. The van der Waals surface area contributed by atoms with Crippen LogP contribution in [0.1, 0.15) is 30.2 Å². The lowest BCUT2D eigenvalue weighted by Crippen LogP contribution is -2.40. The van der Waals surface area contributed by atoms with Gasteiger partial charge < -0.3 is 21.1 Å². The quantitative estimate of drug-likeness (QED) is 0.650. The molecule has 156 valence electrons. The maximum atomic E-state index is 12.1. The van der Waals surface area contributed by atoms with Gasteiger partial charge in [0, 0.05) is 35.1 Å². The number of ether oxygens (including phenoxy) is 1. The number of piperidine rings is 1. The molecule has 4 rings (SSSR count). The summed E-state index contributed by atoms with van der Waals surface area (Å²) >= 11 is 5.92. The minimum Gasteiger partial charge on any atom is -0.476 e. The Bertz CT molecular complexity index is 1070. The number of hydrogen-bond donors (Lipinski definition) is 2. The summed E-state index contributed by atoms with van der Waals surface area (Å²) in [7, 11) is 0. The summed E-state index contributed by atoms with van der Waals surface area (Å²) in [6.07, 6.45) is 0.932. The first-order valence-corrected chi connectivity index (χ1v) is 10.3. The number of anilines is 1. The van der Waals surface area contributed by atoms with E-state index in [0.717, 1.165) is 42.5 Å². The van der Waals surface area contributed by atoms with E-state index in [1.807, 2.05) is 25.1 Å². The molecule has 8 heteroatoms. The average molecular weight is 426 g/mol. The van der Waals surface area contributed by atoms with Crippen molar-refractivity contribution in [1.82, 2.24) is 9.97 Å². The first-order valence-electron chi connectivity index (χ1n) is 9.91. The van der Waals surface area contributed by atoms with Crippen molar-refractivity contribution in [3.05, 3.63) is 58.7 Å². The Hall–Kier alpha value is -2.90. The Balaban J connectivity index is 1.64. The molecule has 2 aromatic carbocycles. The summed E-state index contributed by atoms with van der Waals surface area (Å²) in [4.78, 5) is 23.7. The van der Waals surface area contributed by atoms with Gasteiger partial charge in [-0.05, 0) is 56.2 Å². The van der Waals surface area contributed by atoms with Crippen LogP contribution in [0, 0.1) is 6.92 Å². The molecule has 7 nitrogen and oxygen atoms in total. The average Bonchev–Trinajstić information content (AvgIpc) is 2.73. The van der Waals surface area contributed by atoms with Crippen molar-refractivity contribution in [2.75, 3.05) is 18.0 Å². The van der Waals surface area contributed by atoms with Crippen molar-refractivity contribution < 1.29 is 9.53 Å². The van der Waals surface area contributed by atoms with Gasteiger partial charge in [-0.15, -0.1) is 0 Å². The Morgan fingerprint density at radius 1 is 1.17 bits per heavy atom. The van der Waals surface area contributed by atoms with Crippen LogP contribution in [0.25, 0.3) is 10.9 Å². The van der Waals surface area contributed by atoms with Crippen molar-refractivity contribution in [3.8, 4) is 5.75 Å². The van der Waals surface area contributed by atoms with Crippen LogP contribution in [-0.2, 0) is 4.79 Å². The molecule has 30 heavy (non-hydrogen) atoms. The van der Waals surface area contributed by atoms with Gasteiger partial charge in [0.15, 0.2) is 0 Å². The fraction of sp³-hybridized carbons (Fsp3) is 0.318. The Morgan fingerprint density at radius 2 is 1.87 bits per heavy atom. The molecule has 4 N–H and O–H groups in total. The monoisotopic (exact) mass is 425 g/mol. The van der Waals surface area contributed by atoms with Gasteiger partial charge in [-0.3, -0.25) is 4.79 Å². The van der Waals surface area contributed by atoms with E-state index in [1.54, 1.807) is 24.3 Å². The van der Waals surface area contributed by atoms with E-state index in [-0.39, 0.29) is 6.04 Å². The highest BCUT2D eigenvalue weighted by Crippen LogP contribution is 2.28. The first kappa shape index (κ1) is 20.4. The molecular formula is C22H24ClN5O2. The number of benzene rings is 2. The second kappa shape index (κ2) is 8.45. The van der Waals surface area contributed by atoms with Gasteiger partial charge in [-0.1, -0.05) is 17.7 Å². The van der Waals surface area contributed by atoms with Crippen LogP contribution >= 0.6 is 11.6 Å². The number of aryl methyl sites for hydroxylation is 1. The molecule has 0 bridgehead atoms. The fourth-order valence-corrected chi connectivity index (χ4v) is 3.75. The summed E-state index contributed by atoms with van der Waals surface area (Å²) in [5.74, 6) is 0.641. The maximum Gasteiger partial charge on any atom is 0.263 e. The zero-order valence-electron chi connectivity index (χ0n) is 16.7. The van der Waals surface area contributed by atoms with Gasteiger partial charge in [0.25, 0.3) is 5.91 Å². The molecule has 0 saturated carbocycles. The lowest BCUT2D eigenvalue weighted by atomic mass is 10.0. The number of fused-ring (bicyclic) bond motifs is 1. The minimum absolute atomic E-state index is 0.247.